The Bertz CT molecular complexity index is 922. The number of aliphatic carboxylic acids is 1. The lowest BCUT2D eigenvalue weighted by atomic mass is 10.0. The predicted octanol–water partition coefficient (Wildman–Crippen LogP) is -1.90. The third-order valence-corrected chi connectivity index (χ3v) is 5.18. The number of rotatable bonds is 15. The highest BCUT2D eigenvalue weighted by molar-refractivity contribution is 5.94. The number of amides is 4. The van der Waals surface area contributed by atoms with E-state index in [2.05, 4.69) is 16.0 Å². The van der Waals surface area contributed by atoms with Crippen LogP contribution in [0.5, 0.6) is 5.75 Å². The van der Waals surface area contributed by atoms with Gasteiger partial charge >= 0.3 is 5.97 Å². The van der Waals surface area contributed by atoms with Gasteiger partial charge in [0.25, 0.3) is 0 Å². The Kier molecular flexibility index (Phi) is 12.3. The predicted molar refractivity (Wildman–Crippen MR) is 128 cm³/mol. The Morgan fingerprint density at radius 3 is 1.92 bits per heavy atom. The van der Waals surface area contributed by atoms with E-state index in [0.717, 1.165) is 0 Å². The largest absolute Gasteiger partial charge is 0.508 e. The van der Waals surface area contributed by atoms with E-state index in [4.69, 9.17) is 11.5 Å². The fourth-order valence-electron chi connectivity index (χ4n) is 3.24. The second-order valence-electron chi connectivity index (χ2n) is 8.82. The van der Waals surface area contributed by atoms with Crippen molar-refractivity contribution in [1.82, 2.24) is 16.0 Å². The first kappa shape index (κ1) is 30.3. The van der Waals surface area contributed by atoms with E-state index in [1.807, 2.05) is 0 Å². The summed E-state index contributed by atoms with van der Waals surface area (Å²) in [5, 5.41) is 35.4. The zero-order chi connectivity index (χ0) is 27.4. The lowest BCUT2D eigenvalue weighted by molar-refractivity contribution is -0.142. The van der Waals surface area contributed by atoms with Gasteiger partial charge in [-0.2, -0.15) is 0 Å². The highest BCUT2D eigenvalue weighted by Crippen LogP contribution is 2.11. The number of carboxylic acid groups (broad SMARTS) is 1. The molecule has 1 aromatic rings. The van der Waals surface area contributed by atoms with Crippen molar-refractivity contribution >= 4 is 29.6 Å². The molecule has 0 fully saturated rings. The molecule has 4 atom stereocenters. The molecule has 10 N–H and O–H groups in total. The summed E-state index contributed by atoms with van der Waals surface area (Å²) >= 11 is 0. The van der Waals surface area contributed by atoms with Crippen molar-refractivity contribution in [3.8, 4) is 5.75 Å². The molecule has 0 aliphatic heterocycles. The number of carbonyl (C=O) groups is 5. The third kappa shape index (κ3) is 10.7. The third-order valence-electron chi connectivity index (χ3n) is 5.18. The summed E-state index contributed by atoms with van der Waals surface area (Å²) in [5.41, 5.74) is 11.6. The molecule has 200 valence electrons. The summed E-state index contributed by atoms with van der Waals surface area (Å²) in [6.45, 7) is 2.78. The van der Waals surface area contributed by atoms with Crippen LogP contribution in [0.2, 0.25) is 0 Å². The molecule has 4 unspecified atom stereocenters. The van der Waals surface area contributed by atoms with Gasteiger partial charge in [-0.05, 0) is 42.9 Å². The van der Waals surface area contributed by atoms with Crippen LogP contribution in [-0.4, -0.2) is 75.7 Å². The molecule has 1 aromatic carbocycles. The van der Waals surface area contributed by atoms with Gasteiger partial charge in [0.2, 0.25) is 23.6 Å². The van der Waals surface area contributed by atoms with Crippen molar-refractivity contribution in [2.75, 3.05) is 6.61 Å². The molecule has 0 bridgehead atoms. The van der Waals surface area contributed by atoms with Crippen molar-refractivity contribution in [1.29, 1.82) is 0 Å². The second-order valence-corrected chi connectivity index (χ2v) is 8.82. The normalized spacial score (nSPS) is 14.2. The van der Waals surface area contributed by atoms with Crippen LogP contribution >= 0.6 is 0 Å². The number of carbonyl (C=O) groups excluding carboxylic acids is 4. The van der Waals surface area contributed by atoms with Gasteiger partial charge in [0, 0.05) is 6.42 Å². The average molecular weight is 510 g/mol. The van der Waals surface area contributed by atoms with Crippen LogP contribution in [0.4, 0.5) is 0 Å². The SMILES string of the molecule is CC(C)CC(NC(=O)C(CO)NC(=O)C(N)Cc1ccc(O)cc1)C(=O)NC(CCC(N)=O)C(=O)O. The van der Waals surface area contributed by atoms with Crippen molar-refractivity contribution in [2.45, 2.75) is 63.7 Å². The topological polar surface area (TPSA) is 234 Å². The first-order chi connectivity index (χ1) is 16.8. The standard InChI is InChI=1S/C23H35N5O8/c1-12(2)9-17(21(33)26-16(23(35)36)7-8-19(25)31)27-22(34)18(11-29)28-20(32)15(24)10-13-3-5-14(30)6-4-13/h3-6,12,15-18,29-30H,7-11,24H2,1-2H3,(H2,25,31)(H,26,33)(H,27,34)(H,28,32)(H,35,36). The summed E-state index contributed by atoms with van der Waals surface area (Å²) in [6, 6.07) is 0.985. The van der Waals surface area contributed by atoms with E-state index >= 15 is 0 Å². The number of phenolic OH excluding ortho intramolecular Hbond substituents is 1. The van der Waals surface area contributed by atoms with Crippen molar-refractivity contribution < 1.29 is 39.3 Å². The summed E-state index contributed by atoms with van der Waals surface area (Å²) in [6.07, 6.45) is -0.257. The van der Waals surface area contributed by atoms with Crippen LogP contribution in [0, 0.1) is 5.92 Å². The molecule has 0 aliphatic carbocycles. The van der Waals surface area contributed by atoms with Gasteiger partial charge in [0.05, 0.1) is 12.6 Å². The van der Waals surface area contributed by atoms with E-state index < -0.39 is 60.4 Å². The maximum atomic E-state index is 12.7. The number of nitrogens with one attached hydrogen (secondary N) is 3. The van der Waals surface area contributed by atoms with E-state index in [1.54, 1.807) is 26.0 Å². The van der Waals surface area contributed by atoms with Gasteiger partial charge in [-0.1, -0.05) is 26.0 Å². The maximum Gasteiger partial charge on any atom is 0.326 e. The molecule has 0 radical (unpaired) electrons. The van der Waals surface area contributed by atoms with Crippen LogP contribution < -0.4 is 27.4 Å². The summed E-state index contributed by atoms with van der Waals surface area (Å²) < 4.78 is 0. The van der Waals surface area contributed by atoms with Gasteiger partial charge in [0.1, 0.15) is 23.9 Å². The number of hydrogen-bond donors (Lipinski definition) is 8. The molecule has 0 saturated heterocycles. The van der Waals surface area contributed by atoms with Gasteiger partial charge < -0.3 is 42.7 Å². The van der Waals surface area contributed by atoms with Crippen molar-refractivity contribution in [3.05, 3.63) is 29.8 Å². The molecule has 0 aliphatic rings. The van der Waals surface area contributed by atoms with Crippen LogP contribution in [0.1, 0.15) is 38.7 Å². The van der Waals surface area contributed by atoms with Crippen LogP contribution in [0.3, 0.4) is 0 Å². The molecule has 13 heteroatoms. The first-order valence-electron chi connectivity index (χ1n) is 11.4. The quantitative estimate of drug-likeness (QED) is 0.132. The lowest BCUT2D eigenvalue weighted by Crippen LogP contribution is -2.58. The molecule has 13 nitrogen and oxygen atoms in total. The number of aromatic hydroxyl groups is 1. The molecular weight excluding hydrogens is 474 g/mol. The average Bonchev–Trinajstić information content (AvgIpc) is 2.79. The fourth-order valence-corrected chi connectivity index (χ4v) is 3.24. The smallest absolute Gasteiger partial charge is 0.326 e. The lowest BCUT2D eigenvalue weighted by Gasteiger charge is -2.25. The molecule has 0 spiro atoms. The monoisotopic (exact) mass is 509 g/mol. The molecule has 0 aromatic heterocycles. The Hall–Kier alpha value is -3.71. The molecule has 0 saturated carbocycles. The number of hydrogen-bond acceptors (Lipinski definition) is 8. The minimum absolute atomic E-state index is 0.0521. The zero-order valence-electron chi connectivity index (χ0n) is 20.3. The molecular formula is C23H35N5O8. The number of benzene rings is 1. The fraction of sp³-hybridized carbons (Fsp3) is 0.522. The minimum atomic E-state index is -1.42. The van der Waals surface area contributed by atoms with E-state index in [9.17, 15) is 39.3 Å². The number of aliphatic hydroxyl groups excluding tert-OH is 1. The van der Waals surface area contributed by atoms with Crippen molar-refractivity contribution in [3.63, 3.8) is 0 Å². The van der Waals surface area contributed by atoms with E-state index in [-0.39, 0.29) is 37.4 Å². The van der Waals surface area contributed by atoms with Crippen LogP contribution in [0.25, 0.3) is 0 Å². The summed E-state index contributed by atoms with van der Waals surface area (Å²) in [7, 11) is 0. The number of primary amides is 1. The number of phenols is 1. The Morgan fingerprint density at radius 1 is 0.889 bits per heavy atom. The van der Waals surface area contributed by atoms with Crippen LogP contribution in [-0.2, 0) is 30.4 Å². The molecule has 36 heavy (non-hydrogen) atoms. The van der Waals surface area contributed by atoms with Crippen molar-refractivity contribution in [2.24, 2.45) is 17.4 Å². The Morgan fingerprint density at radius 2 is 1.42 bits per heavy atom. The summed E-state index contributed by atoms with van der Waals surface area (Å²) in [5.74, 6) is -4.53. The molecule has 4 amide bonds. The van der Waals surface area contributed by atoms with Gasteiger partial charge in [-0.15, -0.1) is 0 Å². The first-order valence-corrected chi connectivity index (χ1v) is 11.4. The Labute approximate surface area is 208 Å². The maximum absolute atomic E-state index is 12.7. The Balaban J connectivity index is 2.84. The van der Waals surface area contributed by atoms with Gasteiger partial charge in [0.15, 0.2) is 0 Å². The molecule has 0 heterocycles. The van der Waals surface area contributed by atoms with E-state index in [1.165, 1.54) is 12.1 Å². The molecule has 1 rings (SSSR count). The summed E-state index contributed by atoms with van der Waals surface area (Å²) in [4.78, 5) is 60.4. The minimum Gasteiger partial charge on any atom is -0.508 e. The highest BCUT2D eigenvalue weighted by atomic mass is 16.4. The zero-order valence-corrected chi connectivity index (χ0v) is 20.3. The highest BCUT2D eigenvalue weighted by Gasteiger charge is 2.30. The van der Waals surface area contributed by atoms with Crippen LogP contribution in [0.15, 0.2) is 24.3 Å². The second kappa shape index (κ2) is 14.6. The number of carboxylic acids is 1. The van der Waals surface area contributed by atoms with E-state index in [0.29, 0.717) is 5.56 Å². The van der Waals surface area contributed by atoms with Gasteiger partial charge in [-0.25, -0.2) is 4.79 Å². The number of nitrogens with two attached hydrogens (primary N) is 2. The number of aliphatic hydroxyl groups is 1. The van der Waals surface area contributed by atoms with Gasteiger partial charge in [-0.3, -0.25) is 19.2 Å².